The first-order valence-electron chi connectivity index (χ1n) is 16.9. The molecule has 0 atom stereocenters. The van der Waals surface area contributed by atoms with E-state index in [4.69, 9.17) is 9.47 Å². The van der Waals surface area contributed by atoms with Crippen molar-refractivity contribution in [2.75, 3.05) is 0 Å². The summed E-state index contributed by atoms with van der Waals surface area (Å²) in [5, 5.41) is 21.8. The third-order valence-corrected chi connectivity index (χ3v) is 9.56. The third kappa shape index (κ3) is 15.3. The zero-order chi connectivity index (χ0) is 36.6. The van der Waals surface area contributed by atoms with Crippen LogP contribution < -0.4 is 14.6 Å². The van der Waals surface area contributed by atoms with Gasteiger partial charge in [-0.2, -0.15) is 8.42 Å². The van der Waals surface area contributed by atoms with Gasteiger partial charge >= 0.3 is 37.7 Å². The molecule has 0 unspecified atom stereocenters. The summed E-state index contributed by atoms with van der Waals surface area (Å²) in [6.45, 7) is 4.35. The number of ether oxygens (including phenoxy) is 2. The number of para-hydroxylation sites is 2. The summed E-state index contributed by atoms with van der Waals surface area (Å²) >= 11 is 0. The van der Waals surface area contributed by atoms with Gasteiger partial charge in [0.25, 0.3) is 10.1 Å². The molecule has 2 N–H and O–H groups in total. The summed E-state index contributed by atoms with van der Waals surface area (Å²) in [6.07, 6.45) is 13.6. The van der Waals surface area contributed by atoms with Gasteiger partial charge in [0.1, 0.15) is 32.3 Å². The van der Waals surface area contributed by atoms with Crippen LogP contribution in [0.5, 0.6) is 34.5 Å². The van der Waals surface area contributed by atoms with Crippen molar-refractivity contribution in [3.05, 3.63) is 96.1 Å². The van der Waals surface area contributed by atoms with E-state index in [0.29, 0.717) is 11.5 Å². The molecule has 4 aromatic carbocycles. The topological polar surface area (TPSA) is 173 Å². The van der Waals surface area contributed by atoms with Gasteiger partial charge in [-0.05, 0) is 79.3 Å². The van der Waals surface area contributed by atoms with Crippen molar-refractivity contribution in [2.45, 2.75) is 101 Å². The van der Waals surface area contributed by atoms with Crippen molar-refractivity contribution in [3.8, 4) is 34.5 Å². The normalized spacial score (nSPS) is 11.2. The molecule has 0 heterocycles. The summed E-state index contributed by atoms with van der Waals surface area (Å²) in [5.74, 6) is -0.943. The van der Waals surface area contributed by atoms with Crippen LogP contribution in [-0.4, -0.2) is 68.8 Å². The van der Waals surface area contributed by atoms with Crippen LogP contribution >= 0.6 is 0 Å². The molecule has 0 spiro atoms. The summed E-state index contributed by atoms with van der Waals surface area (Å²) < 4.78 is 77.2. The van der Waals surface area contributed by atoms with E-state index >= 15 is 0 Å². The molecule has 0 bridgehead atoms. The van der Waals surface area contributed by atoms with E-state index in [-0.39, 0.29) is 49.2 Å². The molecule has 0 aromatic heterocycles. The van der Waals surface area contributed by atoms with Crippen LogP contribution in [-0.2, 0) is 33.1 Å². The van der Waals surface area contributed by atoms with Crippen molar-refractivity contribution in [1.82, 2.24) is 0 Å². The Hall–Kier alpha value is -2.84. The first kappa shape index (κ1) is 44.3. The molecule has 0 amide bonds. The number of phenolic OH excluding ortho intramolecular Hbond substituents is 1. The van der Waals surface area contributed by atoms with E-state index in [0.717, 1.165) is 49.3 Å². The molecule has 0 aliphatic carbocycles. The van der Waals surface area contributed by atoms with Crippen molar-refractivity contribution in [1.29, 1.82) is 0 Å². The van der Waals surface area contributed by atoms with Gasteiger partial charge in [-0.1, -0.05) is 113 Å². The van der Waals surface area contributed by atoms with Crippen LogP contribution in [0.3, 0.4) is 0 Å². The fourth-order valence-corrected chi connectivity index (χ4v) is 6.48. The Kier molecular flexibility index (Phi) is 19.4. The number of unbranched alkanes of at least 4 members (excludes halogenated alkanes) is 8. The Labute approximate surface area is 332 Å². The van der Waals surface area contributed by atoms with Crippen LogP contribution in [0.15, 0.2) is 94.7 Å². The maximum atomic E-state index is 11.9. The second-order valence-electron chi connectivity index (χ2n) is 11.9. The molecular formula is C38H46CaO10S2. The minimum atomic E-state index is -4.78. The standard InChI is InChI=1S/2C19H24O5S.Ca/c2*1-2-3-4-5-6-9-15-10-7-11-16(14-15)24-19-17(20)12-8-13-18(19)25(21,22)23;/h2*7-8,10-14,20H,2-6,9H2,1H3,(H,21,22,23);/q;;+2/p-2. The first-order valence-corrected chi connectivity index (χ1v) is 19.8. The second-order valence-corrected chi connectivity index (χ2v) is 14.7. The summed E-state index contributed by atoms with van der Waals surface area (Å²) in [7, 11) is -9.28. The minimum Gasteiger partial charge on any atom is -0.870 e. The minimum absolute atomic E-state index is 0. The van der Waals surface area contributed by atoms with Crippen LogP contribution in [0.25, 0.3) is 0 Å². The second kappa shape index (κ2) is 22.3. The smallest absolute Gasteiger partial charge is 0.870 e. The average molecular weight is 767 g/mol. The Bertz CT molecular complexity index is 1740. The predicted octanol–water partition coefficient (Wildman–Crippen LogP) is 8.53. The van der Waals surface area contributed by atoms with Gasteiger partial charge in [-0.3, -0.25) is 4.55 Å². The van der Waals surface area contributed by atoms with Crippen molar-refractivity contribution < 1.29 is 45.6 Å². The summed E-state index contributed by atoms with van der Waals surface area (Å²) in [5.41, 5.74) is 2.13. The van der Waals surface area contributed by atoms with Gasteiger partial charge in [0.2, 0.25) is 0 Å². The van der Waals surface area contributed by atoms with E-state index in [1.807, 2.05) is 24.3 Å². The zero-order valence-corrected chi connectivity index (χ0v) is 33.1. The van der Waals surface area contributed by atoms with Crippen LogP contribution in [0.4, 0.5) is 0 Å². The number of aryl methyl sites for hydroxylation is 2. The van der Waals surface area contributed by atoms with Crippen molar-refractivity contribution >= 4 is 58.0 Å². The molecule has 0 saturated heterocycles. The van der Waals surface area contributed by atoms with E-state index in [1.165, 1.54) is 75.3 Å². The molecule has 0 aliphatic heterocycles. The molecule has 0 radical (unpaired) electrons. The molecular weight excluding hydrogens is 721 g/mol. The number of benzene rings is 4. The average Bonchev–Trinajstić information content (AvgIpc) is 3.06. The van der Waals surface area contributed by atoms with E-state index in [9.17, 15) is 36.2 Å². The summed E-state index contributed by atoms with van der Waals surface area (Å²) in [4.78, 5) is -1.09. The molecule has 10 nitrogen and oxygen atoms in total. The van der Waals surface area contributed by atoms with Crippen LogP contribution in [0, 0.1) is 0 Å². The molecule has 0 aliphatic rings. The maximum absolute atomic E-state index is 11.9. The predicted molar refractivity (Wildman–Crippen MR) is 195 cm³/mol. The maximum Gasteiger partial charge on any atom is 2.00 e. The van der Waals surface area contributed by atoms with E-state index < -0.39 is 41.5 Å². The molecule has 0 saturated carbocycles. The number of phenols is 1. The molecule has 4 rings (SSSR count). The molecule has 272 valence electrons. The number of hydrogen-bond donors (Lipinski definition) is 2. The Morgan fingerprint density at radius 2 is 1.06 bits per heavy atom. The van der Waals surface area contributed by atoms with Gasteiger partial charge in [-0.25, -0.2) is 8.42 Å². The zero-order valence-electron chi connectivity index (χ0n) is 29.3. The van der Waals surface area contributed by atoms with Crippen LogP contribution in [0.2, 0.25) is 0 Å². The largest absolute Gasteiger partial charge is 2.00 e. The van der Waals surface area contributed by atoms with Gasteiger partial charge in [-0.15, -0.1) is 0 Å². The first-order chi connectivity index (χ1) is 23.8. The van der Waals surface area contributed by atoms with E-state index in [2.05, 4.69) is 13.8 Å². The fraction of sp³-hybridized carbons (Fsp3) is 0.368. The molecule has 13 heteroatoms. The number of hydrogen-bond acceptors (Lipinski definition) is 9. The molecule has 4 aromatic rings. The monoisotopic (exact) mass is 766 g/mol. The SMILES string of the molecule is CCCCCCCc1cccc(Oc2c(O)cccc2S(=O)(=O)O)c1.CCCCCCCc1cccc(Oc2c([O-])cccc2S(=O)(=O)[O-])c1.[Ca+2]. The Balaban J connectivity index is 0.000000347. The van der Waals surface area contributed by atoms with Gasteiger partial charge < -0.3 is 24.2 Å². The van der Waals surface area contributed by atoms with Crippen LogP contribution in [0.1, 0.15) is 89.2 Å². The van der Waals surface area contributed by atoms with Crippen molar-refractivity contribution in [3.63, 3.8) is 0 Å². The number of rotatable bonds is 18. The van der Waals surface area contributed by atoms with Gasteiger partial charge in [0.15, 0.2) is 11.5 Å². The van der Waals surface area contributed by atoms with Gasteiger partial charge in [0.05, 0.1) is 4.90 Å². The van der Waals surface area contributed by atoms with Crippen molar-refractivity contribution in [2.24, 2.45) is 0 Å². The Morgan fingerprint density at radius 1 is 0.608 bits per heavy atom. The fourth-order valence-electron chi connectivity index (χ4n) is 5.23. The quantitative estimate of drug-likeness (QED) is 0.0568. The Morgan fingerprint density at radius 3 is 1.55 bits per heavy atom. The molecule has 51 heavy (non-hydrogen) atoms. The number of aromatic hydroxyl groups is 1. The van der Waals surface area contributed by atoms with Gasteiger partial charge in [0, 0.05) is 0 Å². The third-order valence-electron chi connectivity index (χ3n) is 7.82. The van der Waals surface area contributed by atoms with E-state index in [1.54, 1.807) is 24.3 Å². The summed E-state index contributed by atoms with van der Waals surface area (Å²) in [6, 6.07) is 21.8. The molecule has 0 fully saturated rings.